The lowest BCUT2D eigenvalue weighted by Gasteiger charge is -2.06. The molecule has 4 rings (SSSR count). The van der Waals surface area contributed by atoms with Crippen LogP contribution in [0.2, 0.25) is 0 Å². The number of nitrogens with one attached hydrogen (secondary N) is 1. The molecule has 1 N–H and O–H groups in total. The van der Waals surface area contributed by atoms with Crippen LogP contribution >= 0.6 is 11.3 Å². The number of nitriles is 1. The molecule has 3 aromatic heterocycles. The lowest BCUT2D eigenvalue weighted by atomic mass is 10.2. The number of thiophene rings is 1. The first-order valence-corrected chi connectivity index (χ1v) is 10.5. The van der Waals surface area contributed by atoms with Crippen molar-refractivity contribution >= 4 is 11.3 Å². The van der Waals surface area contributed by atoms with Gasteiger partial charge in [-0.3, -0.25) is 4.68 Å². The first-order valence-electron chi connectivity index (χ1n) is 9.65. The van der Waals surface area contributed by atoms with E-state index in [1.165, 1.54) is 11.8 Å². The minimum absolute atomic E-state index is 0.491. The molecular formula is C23H21N5OS. The topological polar surface area (TPSA) is 75.8 Å². The molecule has 3 heterocycles. The van der Waals surface area contributed by atoms with E-state index in [1.807, 2.05) is 35.0 Å². The molecule has 0 radical (unpaired) electrons. The Labute approximate surface area is 179 Å². The second kappa shape index (κ2) is 9.83. The van der Waals surface area contributed by atoms with Crippen LogP contribution in [0.4, 0.5) is 0 Å². The summed E-state index contributed by atoms with van der Waals surface area (Å²) in [5.74, 6) is 0.519. The highest BCUT2D eigenvalue weighted by Gasteiger charge is 2.12. The van der Waals surface area contributed by atoms with Crippen molar-refractivity contribution in [3.63, 3.8) is 0 Å². The summed E-state index contributed by atoms with van der Waals surface area (Å²) in [6.07, 6.45) is 3.62. The predicted octanol–water partition coefficient (Wildman–Crippen LogP) is 4.10. The molecule has 6 nitrogen and oxygen atoms in total. The van der Waals surface area contributed by atoms with Crippen LogP contribution in [0, 0.1) is 11.3 Å². The monoisotopic (exact) mass is 415 g/mol. The SMILES string of the molecule is N#Cc1ccc(OCCNCc2cn(Cc3ccccc3)nc2-c2cccs2)nc1. The quantitative estimate of drug-likeness (QED) is 0.417. The first-order chi connectivity index (χ1) is 14.8. The normalized spacial score (nSPS) is 10.6. The summed E-state index contributed by atoms with van der Waals surface area (Å²) < 4.78 is 7.63. The second-order valence-electron chi connectivity index (χ2n) is 6.69. The van der Waals surface area contributed by atoms with Gasteiger partial charge in [-0.15, -0.1) is 11.3 Å². The lowest BCUT2D eigenvalue weighted by Crippen LogP contribution is -2.20. The molecule has 0 bridgehead atoms. The number of rotatable bonds is 9. The van der Waals surface area contributed by atoms with Gasteiger partial charge in [0.1, 0.15) is 18.4 Å². The minimum atomic E-state index is 0.491. The highest BCUT2D eigenvalue weighted by molar-refractivity contribution is 7.13. The van der Waals surface area contributed by atoms with Gasteiger partial charge in [-0.2, -0.15) is 10.4 Å². The van der Waals surface area contributed by atoms with Gasteiger partial charge in [-0.25, -0.2) is 4.98 Å². The van der Waals surface area contributed by atoms with Crippen LogP contribution in [0.3, 0.4) is 0 Å². The summed E-state index contributed by atoms with van der Waals surface area (Å²) >= 11 is 1.69. The van der Waals surface area contributed by atoms with Crippen LogP contribution in [-0.4, -0.2) is 27.9 Å². The Hall–Kier alpha value is -3.47. The van der Waals surface area contributed by atoms with Crippen LogP contribution in [0.25, 0.3) is 10.6 Å². The molecule has 0 aliphatic rings. The lowest BCUT2D eigenvalue weighted by molar-refractivity contribution is 0.302. The average molecular weight is 416 g/mol. The number of nitrogens with zero attached hydrogens (tertiary/aromatic N) is 4. The van der Waals surface area contributed by atoms with Gasteiger partial charge in [0.05, 0.1) is 17.0 Å². The second-order valence-corrected chi connectivity index (χ2v) is 7.63. The summed E-state index contributed by atoms with van der Waals surface area (Å²) in [6, 6.07) is 19.9. The molecule has 0 saturated carbocycles. The Morgan fingerprint density at radius 3 is 2.73 bits per heavy atom. The fourth-order valence-electron chi connectivity index (χ4n) is 3.05. The molecule has 0 unspecified atom stereocenters. The predicted molar refractivity (Wildman–Crippen MR) is 117 cm³/mol. The van der Waals surface area contributed by atoms with Crippen molar-refractivity contribution in [3.05, 3.63) is 89.1 Å². The summed E-state index contributed by atoms with van der Waals surface area (Å²) in [5, 5.41) is 19.1. The number of ether oxygens (including phenoxy) is 1. The number of aromatic nitrogens is 3. The third-order valence-corrected chi connectivity index (χ3v) is 5.37. The molecule has 0 amide bonds. The Balaban J connectivity index is 1.35. The summed E-state index contributed by atoms with van der Waals surface area (Å²) in [7, 11) is 0. The third kappa shape index (κ3) is 5.11. The van der Waals surface area contributed by atoms with E-state index in [2.05, 4.69) is 40.1 Å². The van der Waals surface area contributed by atoms with Crippen LogP contribution in [0.5, 0.6) is 5.88 Å². The molecular weight excluding hydrogens is 394 g/mol. The largest absolute Gasteiger partial charge is 0.476 e. The van der Waals surface area contributed by atoms with Gasteiger partial charge < -0.3 is 10.1 Å². The van der Waals surface area contributed by atoms with Crippen molar-refractivity contribution in [2.45, 2.75) is 13.1 Å². The van der Waals surface area contributed by atoms with Crippen molar-refractivity contribution in [2.24, 2.45) is 0 Å². The minimum Gasteiger partial charge on any atom is -0.476 e. The standard InChI is InChI=1S/C23H21N5OS/c24-13-19-8-9-22(26-14-19)29-11-10-25-15-20-17-28(16-18-5-2-1-3-6-18)27-23(20)21-7-4-12-30-21/h1-9,12,14,17,25H,10-11,15-16H2. The summed E-state index contributed by atoms with van der Waals surface area (Å²) in [6.45, 7) is 2.61. The Morgan fingerprint density at radius 1 is 1.10 bits per heavy atom. The van der Waals surface area contributed by atoms with Gasteiger partial charge in [-0.05, 0) is 23.1 Å². The molecule has 0 fully saturated rings. The fourth-order valence-corrected chi connectivity index (χ4v) is 3.79. The Kier molecular flexibility index (Phi) is 6.50. The molecule has 0 atom stereocenters. The molecule has 4 aromatic rings. The molecule has 0 spiro atoms. The van der Waals surface area contributed by atoms with Crippen molar-refractivity contribution in [3.8, 4) is 22.5 Å². The summed E-state index contributed by atoms with van der Waals surface area (Å²) in [4.78, 5) is 5.28. The highest BCUT2D eigenvalue weighted by atomic mass is 32.1. The molecule has 30 heavy (non-hydrogen) atoms. The Bertz CT molecular complexity index is 1100. The highest BCUT2D eigenvalue weighted by Crippen LogP contribution is 2.27. The maximum atomic E-state index is 8.81. The molecule has 0 aliphatic carbocycles. The number of benzene rings is 1. The average Bonchev–Trinajstić information content (AvgIpc) is 3.45. The van der Waals surface area contributed by atoms with Crippen molar-refractivity contribution in [1.29, 1.82) is 5.26 Å². The van der Waals surface area contributed by atoms with Gasteiger partial charge >= 0.3 is 0 Å². The maximum absolute atomic E-state index is 8.81. The fraction of sp³-hybridized carbons (Fsp3) is 0.174. The zero-order valence-corrected chi connectivity index (χ0v) is 17.2. The van der Waals surface area contributed by atoms with E-state index in [-0.39, 0.29) is 0 Å². The van der Waals surface area contributed by atoms with Crippen LogP contribution in [0.1, 0.15) is 16.7 Å². The first kappa shape index (κ1) is 19.8. The van der Waals surface area contributed by atoms with Gasteiger partial charge in [0.2, 0.25) is 5.88 Å². The van der Waals surface area contributed by atoms with Crippen molar-refractivity contribution < 1.29 is 4.74 Å². The van der Waals surface area contributed by atoms with Gasteiger partial charge in [0, 0.05) is 37.1 Å². The summed E-state index contributed by atoms with van der Waals surface area (Å²) in [5.41, 5.74) is 3.92. The van der Waals surface area contributed by atoms with Crippen molar-refractivity contribution in [2.75, 3.05) is 13.2 Å². The number of hydrogen-bond acceptors (Lipinski definition) is 6. The molecule has 7 heteroatoms. The number of pyridine rings is 1. The van der Waals surface area contributed by atoms with Crippen LogP contribution in [-0.2, 0) is 13.1 Å². The molecule has 0 aliphatic heterocycles. The smallest absolute Gasteiger partial charge is 0.213 e. The van der Waals surface area contributed by atoms with Gasteiger partial charge in [0.25, 0.3) is 0 Å². The van der Waals surface area contributed by atoms with Gasteiger partial charge in [0.15, 0.2) is 0 Å². The Morgan fingerprint density at radius 2 is 2.00 bits per heavy atom. The van der Waals surface area contributed by atoms with E-state index in [0.717, 1.165) is 22.7 Å². The molecule has 1 aromatic carbocycles. The number of hydrogen-bond donors (Lipinski definition) is 1. The van der Waals surface area contributed by atoms with E-state index < -0.39 is 0 Å². The third-order valence-electron chi connectivity index (χ3n) is 4.49. The van der Waals surface area contributed by atoms with E-state index in [0.29, 0.717) is 31.1 Å². The van der Waals surface area contributed by atoms with Crippen LogP contribution in [0.15, 0.2) is 72.4 Å². The van der Waals surface area contributed by atoms with E-state index >= 15 is 0 Å². The molecule has 150 valence electrons. The maximum Gasteiger partial charge on any atom is 0.213 e. The van der Waals surface area contributed by atoms with E-state index in [1.54, 1.807) is 23.5 Å². The van der Waals surface area contributed by atoms with E-state index in [4.69, 9.17) is 15.1 Å². The van der Waals surface area contributed by atoms with Gasteiger partial charge in [-0.1, -0.05) is 36.4 Å². The zero-order chi connectivity index (χ0) is 20.6. The van der Waals surface area contributed by atoms with E-state index in [9.17, 15) is 0 Å². The zero-order valence-electron chi connectivity index (χ0n) is 16.4. The molecule has 0 saturated heterocycles. The van der Waals surface area contributed by atoms with Crippen LogP contribution < -0.4 is 10.1 Å². The van der Waals surface area contributed by atoms with Crippen molar-refractivity contribution in [1.82, 2.24) is 20.1 Å².